The second-order valence-electron chi connectivity index (χ2n) is 3.59. The highest BCUT2D eigenvalue weighted by Gasteiger charge is 2.16. The van der Waals surface area contributed by atoms with Crippen molar-refractivity contribution in [3.8, 4) is 11.5 Å². The molecule has 3 nitrogen and oxygen atoms in total. The molecule has 0 aliphatic rings. The Hall–Kier alpha value is -1.22. The summed E-state index contributed by atoms with van der Waals surface area (Å²) < 4.78 is 10.5. The van der Waals surface area contributed by atoms with Crippen LogP contribution >= 0.6 is 11.6 Å². The Morgan fingerprint density at radius 1 is 1.31 bits per heavy atom. The van der Waals surface area contributed by atoms with Crippen molar-refractivity contribution in [1.82, 2.24) is 0 Å². The molecule has 0 saturated carbocycles. The summed E-state index contributed by atoms with van der Waals surface area (Å²) in [5.41, 5.74) is 1.57. The van der Waals surface area contributed by atoms with Crippen LogP contribution in [0.2, 0.25) is 5.02 Å². The molecule has 0 heterocycles. The standard InChI is InChI=1S/C12H15ClO3/c1-7(14)5-9-6-10(13)8(2)11(15-3)12(9)16-4/h6H,5H2,1-4H3. The van der Waals surface area contributed by atoms with E-state index in [2.05, 4.69) is 0 Å². The first-order chi connectivity index (χ1) is 7.51. The lowest BCUT2D eigenvalue weighted by molar-refractivity contribution is -0.116. The van der Waals surface area contributed by atoms with Gasteiger partial charge in [-0.05, 0) is 19.9 Å². The number of Topliss-reactive ketones (excluding diaryl/α,β-unsaturated/α-hetero) is 1. The number of benzene rings is 1. The van der Waals surface area contributed by atoms with Gasteiger partial charge in [-0.15, -0.1) is 0 Å². The molecule has 0 amide bonds. The van der Waals surface area contributed by atoms with Gasteiger partial charge in [0.25, 0.3) is 0 Å². The van der Waals surface area contributed by atoms with Gasteiger partial charge in [-0.2, -0.15) is 0 Å². The SMILES string of the molecule is COc1c(CC(C)=O)cc(Cl)c(C)c1OC. The van der Waals surface area contributed by atoms with Crippen molar-refractivity contribution in [2.45, 2.75) is 20.3 Å². The van der Waals surface area contributed by atoms with Gasteiger partial charge in [-0.1, -0.05) is 11.6 Å². The Bertz CT molecular complexity index is 413. The van der Waals surface area contributed by atoms with Crippen molar-refractivity contribution in [2.75, 3.05) is 14.2 Å². The molecular weight excluding hydrogens is 228 g/mol. The lowest BCUT2D eigenvalue weighted by atomic mass is 10.0. The van der Waals surface area contributed by atoms with Crippen molar-refractivity contribution < 1.29 is 14.3 Å². The van der Waals surface area contributed by atoms with Crippen LogP contribution in [0, 0.1) is 6.92 Å². The predicted octanol–water partition coefficient (Wildman–Crippen LogP) is 2.80. The summed E-state index contributed by atoms with van der Waals surface area (Å²) in [6, 6.07) is 1.75. The van der Waals surface area contributed by atoms with Gasteiger partial charge < -0.3 is 9.47 Å². The summed E-state index contributed by atoms with van der Waals surface area (Å²) in [7, 11) is 3.10. The highest BCUT2D eigenvalue weighted by atomic mass is 35.5. The van der Waals surface area contributed by atoms with Crippen LogP contribution in [-0.4, -0.2) is 20.0 Å². The molecule has 0 atom stereocenters. The van der Waals surface area contributed by atoms with E-state index in [4.69, 9.17) is 21.1 Å². The Labute approximate surface area is 100 Å². The van der Waals surface area contributed by atoms with E-state index in [1.54, 1.807) is 20.3 Å². The van der Waals surface area contributed by atoms with E-state index in [0.29, 0.717) is 22.9 Å². The van der Waals surface area contributed by atoms with Crippen LogP contribution in [-0.2, 0) is 11.2 Å². The minimum Gasteiger partial charge on any atom is -0.493 e. The molecule has 0 N–H and O–H groups in total. The summed E-state index contributed by atoms with van der Waals surface area (Å²) >= 11 is 6.06. The maximum Gasteiger partial charge on any atom is 0.165 e. The third kappa shape index (κ3) is 2.47. The molecule has 1 aromatic carbocycles. The molecular formula is C12H15ClO3. The van der Waals surface area contributed by atoms with E-state index < -0.39 is 0 Å². The first kappa shape index (κ1) is 12.8. The number of ketones is 1. The van der Waals surface area contributed by atoms with Crippen molar-refractivity contribution in [1.29, 1.82) is 0 Å². The van der Waals surface area contributed by atoms with Gasteiger partial charge in [0.1, 0.15) is 5.78 Å². The third-order valence-corrected chi connectivity index (χ3v) is 2.74. The summed E-state index contributed by atoms with van der Waals surface area (Å²) in [5.74, 6) is 1.23. The Morgan fingerprint density at radius 3 is 2.31 bits per heavy atom. The number of halogens is 1. The minimum absolute atomic E-state index is 0.0558. The lowest BCUT2D eigenvalue weighted by Gasteiger charge is -2.15. The average Bonchev–Trinajstić information content (AvgIpc) is 2.21. The molecule has 1 rings (SSSR count). The molecule has 0 unspecified atom stereocenters. The molecule has 0 saturated heterocycles. The molecule has 88 valence electrons. The predicted molar refractivity (Wildman–Crippen MR) is 63.7 cm³/mol. The van der Waals surface area contributed by atoms with Crippen molar-refractivity contribution >= 4 is 17.4 Å². The van der Waals surface area contributed by atoms with Crippen LogP contribution in [0.1, 0.15) is 18.1 Å². The first-order valence-corrected chi connectivity index (χ1v) is 5.28. The van der Waals surface area contributed by atoms with Gasteiger partial charge in [-0.25, -0.2) is 0 Å². The first-order valence-electron chi connectivity index (χ1n) is 4.90. The van der Waals surface area contributed by atoms with Crippen molar-refractivity contribution in [2.24, 2.45) is 0 Å². The van der Waals surface area contributed by atoms with Crippen molar-refractivity contribution in [3.63, 3.8) is 0 Å². The minimum atomic E-state index is 0.0558. The van der Waals surface area contributed by atoms with Gasteiger partial charge >= 0.3 is 0 Å². The van der Waals surface area contributed by atoms with Crippen LogP contribution in [0.3, 0.4) is 0 Å². The number of methoxy groups -OCH3 is 2. The van der Waals surface area contributed by atoms with Gasteiger partial charge in [0.2, 0.25) is 0 Å². The van der Waals surface area contributed by atoms with Crippen LogP contribution < -0.4 is 9.47 Å². The quantitative estimate of drug-likeness (QED) is 0.815. The molecule has 16 heavy (non-hydrogen) atoms. The summed E-state index contributed by atoms with van der Waals surface area (Å²) in [5, 5.41) is 0.578. The largest absolute Gasteiger partial charge is 0.493 e. The summed E-state index contributed by atoms with van der Waals surface area (Å²) in [6.45, 7) is 3.38. The number of carbonyl (C=O) groups excluding carboxylic acids is 1. The second-order valence-corrected chi connectivity index (χ2v) is 4.00. The Balaban J connectivity index is 3.37. The summed E-state index contributed by atoms with van der Waals surface area (Å²) in [4.78, 5) is 11.1. The zero-order valence-corrected chi connectivity index (χ0v) is 10.6. The zero-order chi connectivity index (χ0) is 12.3. The number of hydrogen-bond acceptors (Lipinski definition) is 3. The van der Waals surface area contributed by atoms with E-state index in [1.807, 2.05) is 6.92 Å². The summed E-state index contributed by atoms with van der Waals surface area (Å²) in [6.07, 6.45) is 0.291. The van der Waals surface area contributed by atoms with Gasteiger partial charge in [0, 0.05) is 22.6 Å². The Kier molecular flexibility index (Phi) is 4.19. The van der Waals surface area contributed by atoms with Crippen LogP contribution in [0.15, 0.2) is 6.07 Å². The molecule has 0 aromatic heterocycles. The van der Waals surface area contributed by atoms with E-state index in [9.17, 15) is 4.79 Å². The number of hydrogen-bond donors (Lipinski definition) is 0. The van der Waals surface area contributed by atoms with E-state index in [-0.39, 0.29) is 5.78 Å². The molecule has 0 fully saturated rings. The fraction of sp³-hybridized carbons (Fsp3) is 0.417. The highest BCUT2D eigenvalue weighted by molar-refractivity contribution is 6.31. The van der Waals surface area contributed by atoms with Crippen molar-refractivity contribution in [3.05, 3.63) is 22.2 Å². The van der Waals surface area contributed by atoms with Crippen LogP contribution in [0.25, 0.3) is 0 Å². The monoisotopic (exact) mass is 242 g/mol. The molecule has 0 aliphatic heterocycles. The van der Waals surface area contributed by atoms with Crippen LogP contribution in [0.5, 0.6) is 11.5 Å². The highest BCUT2D eigenvalue weighted by Crippen LogP contribution is 2.38. The maximum absolute atomic E-state index is 11.1. The molecule has 0 aliphatic carbocycles. The van der Waals surface area contributed by atoms with E-state index in [0.717, 1.165) is 11.1 Å². The van der Waals surface area contributed by atoms with Crippen LogP contribution in [0.4, 0.5) is 0 Å². The van der Waals surface area contributed by atoms with E-state index >= 15 is 0 Å². The molecule has 0 spiro atoms. The molecule has 0 radical (unpaired) electrons. The Morgan fingerprint density at radius 2 is 1.88 bits per heavy atom. The number of carbonyl (C=O) groups is 1. The number of rotatable bonds is 4. The zero-order valence-electron chi connectivity index (χ0n) is 9.89. The fourth-order valence-corrected chi connectivity index (χ4v) is 1.84. The number of ether oxygens (including phenoxy) is 2. The molecule has 4 heteroatoms. The topological polar surface area (TPSA) is 35.5 Å². The van der Waals surface area contributed by atoms with Gasteiger partial charge in [0.15, 0.2) is 11.5 Å². The third-order valence-electron chi connectivity index (χ3n) is 2.35. The lowest BCUT2D eigenvalue weighted by Crippen LogP contribution is -2.03. The average molecular weight is 243 g/mol. The molecule has 0 bridgehead atoms. The molecule has 1 aromatic rings. The maximum atomic E-state index is 11.1. The van der Waals surface area contributed by atoms with Gasteiger partial charge in [0.05, 0.1) is 14.2 Å². The smallest absolute Gasteiger partial charge is 0.165 e. The second kappa shape index (κ2) is 5.21. The fourth-order valence-electron chi connectivity index (χ4n) is 1.62. The normalized spacial score (nSPS) is 10.1. The van der Waals surface area contributed by atoms with E-state index in [1.165, 1.54) is 6.92 Å². The van der Waals surface area contributed by atoms with Gasteiger partial charge in [-0.3, -0.25) is 4.79 Å².